The van der Waals surface area contributed by atoms with Crippen molar-refractivity contribution in [2.45, 2.75) is 51.8 Å². The van der Waals surface area contributed by atoms with Crippen LogP contribution in [0.2, 0.25) is 0 Å². The highest BCUT2D eigenvalue weighted by molar-refractivity contribution is 5.01. The number of rotatable bonds is 7. The van der Waals surface area contributed by atoms with E-state index in [2.05, 4.69) is 35.6 Å². The fourth-order valence-electron chi connectivity index (χ4n) is 1.96. The van der Waals surface area contributed by atoms with E-state index in [-0.39, 0.29) is 11.6 Å². The molecule has 98 valence electrons. The molecule has 0 radical (unpaired) electrons. The molecule has 1 aromatic heterocycles. The van der Waals surface area contributed by atoms with Crippen LogP contribution in [0.15, 0.2) is 12.4 Å². The number of ether oxygens (including phenoxy) is 1. The van der Waals surface area contributed by atoms with Gasteiger partial charge in [-0.2, -0.15) is 0 Å². The zero-order chi connectivity index (χ0) is 12.9. The van der Waals surface area contributed by atoms with Gasteiger partial charge in [0.1, 0.15) is 5.82 Å². The molecular formula is C13H25N3O. The smallest absolute Gasteiger partial charge is 0.125 e. The van der Waals surface area contributed by atoms with Crippen LogP contribution in [0.3, 0.4) is 0 Å². The first-order chi connectivity index (χ1) is 8.04. The zero-order valence-electron chi connectivity index (χ0n) is 11.7. The van der Waals surface area contributed by atoms with Gasteiger partial charge in [0.05, 0.1) is 11.6 Å². The summed E-state index contributed by atoms with van der Waals surface area (Å²) >= 11 is 0. The monoisotopic (exact) mass is 239 g/mol. The highest BCUT2D eigenvalue weighted by atomic mass is 16.5. The van der Waals surface area contributed by atoms with Crippen molar-refractivity contribution in [3.63, 3.8) is 0 Å². The quantitative estimate of drug-likeness (QED) is 0.794. The third-order valence-corrected chi connectivity index (χ3v) is 3.12. The van der Waals surface area contributed by atoms with E-state index >= 15 is 0 Å². The molecule has 0 fully saturated rings. The lowest BCUT2D eigenvalue weighted by atomic mass is 9.98. The molecule has 1 aromatic rings. The van der Waals surface area contributed by atoms with E-state index in [4.69, 9.17) is 4.74 Å². The van der Waals surface area contributed by atoms with Gasteiger partial charge in [0.2, 0.25) is 0 Å². The fourth-order valence-corrected chi connectivity index (χ4v) is 1.96. The summed E-state index contributed by atoms with van der Waals surface area (Å²) in [4.78, 5) is 4.47. The molecule has 17 heavy (non-hydrogen) atoms. The van der Waals surface area contributed by atoms with Gasteiger partial charge in [0.15, 0.2) is 0 Å². The van der Waals surface area contributed by atoms with Crippen molar-refractivity contribution in [1.29, 1.82) is 0 Å². The number of nitrogens with one attached hydrogen (secondary N) is 1. The summed E-state index contributed by atoms with van der Waals surface area (Å²) in [7, 11) is 3.73. The average molecular weight is 239 g/mol. The van der Waals surface area contributed by atoms with Crippen LogP contribution in [0, 0.1) is 0 Å². The van der Waals surface area contributed by atoms with E-state index in [9.17, 15) is 0 Å². The Kier molecular flexibility index (Phi) is 5.15. The van der Waals surface area contributed by atoms with E-state index in [0.29, 0.717) is 0 Å². The maximum absolute atomic E-state index is 5.49. The third kappa shape index (κ3) is 3.82. The first-order valence-electron chi connectivity index (χ1n) is 6.27. The Hall–Kier alpha value is -0.870. The van der Waals surface area contributed by atoms with Crippen molar-refractivity contribution in [3.8, 4) is 0 Å². The second kappa shape index (κ2) is 6.17. The molecule has 0 aromatic carbocycles. The van der Waals surface area contributed by atoms with Gasteiger partial charge in [0.25, 0.3) is 0 Å². The molecule has 0 amide bonds. The predicted octanol–water partition coefficient (Wildman–Crippen LogP) is 2.37. The van der Waals surface area contributed by atoms with Crippen molar-refractivity contribution < 1.29 is 4.74 Å². The largest absolute Gasteiger partial charge is 0.379 e. The Morgan fingerprint density at radius 3 is 2.76 bits per heavy atom. The normalized spacial score (nSPS) is 13.9. The SMILES string of the molecule is CCCn1ccnc1C(CC(C)(C)OC)NC. The highest BCUT2D eigenvalue weighted by Crippen LogP contribution is 2.24. The van der Waals surface area contributed by atoms with Crippen LogP contribution in [-0.2, 0) is 11.3 Å². The van der Waals surface area contributed by atoms with Crippen LogP contribution < -0.4 is 5.32 Å². The average Bonchev–Trinajstić information content (AvgIpc) is 2.75. The van der Waals surface area contributed by atoms with Crippen molar-refractivity contribution in [2.24, 2.45) is 0 Å². The first-order valence-corrected chi connectivity index (χ1v) is 6.27. The Labute approximate surface area is 104 Å². The molecule has 4 heteroatoms. The lowest BCUT2D eigenvalue weighted by molar-refractivity contribution is 0.00646. The molecule has 1 heterocycles. The molecule has 0 aliphatic heterocycles. The van der Waals surface area contributed by atoms with Gasteiger partial charge in [-0.05, 0) is 33.7 Å². The molecule has 0 spiro atoms. The maximum atomic E-state index is 5.49. The minimum atomic E-state index is -0.142. The number of imidazole rings is 1. The molecule has 0 saturated carbocycles. The van der Waals surface area contributed by atoms with Gasteiger partial charge in [-0.3, -0.25) is 0 Å². The summed E-state index contributed by atoms with van der Waals surface area (Å²) in [6.07, 6.45) is 5.94. The van der Waals surface area contributed by atoms with E-state index in [1.54, 1.807) is 7.11 Å². The minimum absolute atomic E-state index is 0.142. The first kappa shape index (κ1) is 14.2. The Morgan fingerprint density at radius 2 is 2.24 bits per heavy atom. The summed E-state index contributed by atoms with van der Waals surface area (Å²) in [5, 5.41) is 3.33. The predicted molar refractivity (Wildman–Crippen MR) is 70.0 cm³/mol. The summed E-state index contributed by atoms with van der Waals surface area (Å²) in [6, 6.07) is 0.228. The molecule has 1 N–H and O–H groups in total. The minimum Gasteiger partial charge on any atom is -0.379 e. The van der Waals surface area contributed by atoms with Crippen LogP contribution >= 0.6 is 0 Å². The summed E-state index contributed by atoms with van der Waals surface area (Å²) in [5.41, 5.74) is -0.142. The maximum Gasteiger partial charge on any atom is 0.125 e. The second-order valence-corrected chi connectivity index (χ2v) is 4.99. The number of aromatic nitrogens is 2. The number of nitrogens with zero attached hydrogens (tertiary/aromatic N) is 2. The molecule has 0 aliphatic rings. The number of methoxy groups -OCH3 is 1. The van der Waals surface area contributed by atoms with Gasteiger partial charge in [-0.15, -0.1) is 0 Å². The highest BCUT2D eigenvalue weighted by Gasteiger charge is 2.25. The Morgan fingerprint density at radius 1 is 1.53 bits per heavy atom. The van der Waals surface area contributed by atoms with Crippen molar-refractivity contribution in [1.82, 2.24) is 14.9 Å². The molecule has 4 nitrogen and oxygen atoms in total. The van der Waals surface area contributed by atoms with Crippen LogP contribution in [-0.4, -0.2) is 29.3 Å². The van der Waals surface area contributed by atoms with E-state index in [1.807, 2.05) is 19.4 Å². The molecular weight excluding hydrogens is 214 g/mol. The van der Waals surface area contributed by atoms with Gasteiger partial charge in [-0.1, -0.05) is 6.92 Å². The van der Waals surface area contributed by atoms with E-state index in [1.165, 1.54) is 0 Å². The van der Waals surface area contributed by atoms with Crippen molar-refractivity contribution >= 4 is 0 Å². The van der Waals surface area contributed by atoms with E-state index < -0.39 is 0 Å². The summed E-state index contributed by atoms with van der Waals surface area (Å²) in [6.45, 7) is 7.40. The third-order valence-electron chi connectivity index (χ3n) is 3.12. The van der Waals surface area contributed by atoms with E-state index in [0.717, 1.165) is 25.2 Å². The molecule has 1 rings (SSSR count). The molecule has 1 atom stereocenters. The Bertz CT molecular complexity index is 333. The van der Waals surface area contributed by atoms with Gasteiger partial charge >= 0.3 is 0 Å². The summed E-state index contributed by atoms with van der Waals surface area (Å²) < 4.78 is 7.71. The zero-order valence-corrected chi connectivity index (χ0v) is 11.7. The van der Waals surface area contributed by atoms with Crippen LogP contribution in [0.25, 0.3) is 0 Å². The van der Waals surface area contributed by atoms with Gasteiger partial charge in [-0.25, -0.2) is 4.98 Å². The lowest BCUT2D eigenvalue weighted by Gasteiger charge is -2.28. The molecule has 0 saturated heterocycles. The standard InChI is InChI=1S/C13H25N3O/c1-6-8-16-9-7-15-12(16)11(14-4)10-13(2,3)17-5/h7,9,11,14H,6,8,10H2,1-5H3. The lowest BCUT2D eigenvalue weighted by Crippen LogP contribution is -2.32. The Balaban J connectivity index is 2.82. The number of aryl methyl sites for hydroxylation is 1. The topological polar surface area (TPSA) is 39.1 Å². The number of hydrogen-bond acceptors (Lipinski definition) is 3. The van der Waals surface area contributed by atoms with Crippen molar-refractivity contribution in [2.75, 3.05) is 14.2 Å². The van der Waals surface area contributed by atoms with Crippen LogP contribution in [0.5, 0.6) is 0 Å². The van der Waals surface area contributed by atoms with Gasteiger partial charge in [0, 0.05) is 26.0 Å². The van der Waals surface area contributed by atoms with Crippen molar-refractivity contribution in [3.05, 3.63) is 18.2 Å². The second-order valence-electron chi connectivity index (χ2n) is 4.99. The molecule has 0 bridgehead atoms. The number of hydrogen-bond donors (Lipinski definition) is 1. The fraction of sp³-hybridized carbons (Fsp3) is 0.769. The van der Waals surface area contributed by atoms with Gasteiger partial charge < -0.3 is 14.6 Å². The summed E-state index contributed by atoms with van der Waals surface area (Å²) in [5.74, 6) is 1.10. The molecule has 0 aliphatic carbocycles. The van der Waals surface area contributed by atoms with Crippen LogP contribution in [0.4, 0.5) is 0 Å². The molecule has 1 unspecified atom stereocenters. The van der Waals surface area contributed by atoms with Crippen LogP contribution in [0.1, 0.15) is 45.5 Å².